The minimum absolute atomic E-state index is 0.0900. The first-order chi connectivity index (χ1) is 7.34. The maximum absolute atomic E-state index is 12.6. The first-order valence-corrected chi connectivity index (χ1v) is 5.19. The molecule has 0 aliphatic carbocycles. The quantitative estimate of drug-likeness (QED) is 0.424. The van der Waals surface area contributed by atoms with E-state index in [9.17, 15) is 13.2 Å². The first kappa shape index (κ1) is 13.2. The van der Waals surface area contributed by atoms with Gasteiger partial charge in [0.2, 0.25) is 0 Å². The van der Waals surface area contributed by atoms with E-state index in [0.29, 0.717) is 4.47 Å². The SMILES string of the molecule is NNC(=S)Nc1ccc(Br)cc1C(F)(F)F. The van der Waals surface area contributed by atoms with Gasteiger partial charge in [-0.2, -0.15) is 13.2 Å². The van der Waals surface area contributed by atoms with Crippen LogP contribution in [0.25, 0.3) is 0 Å². The van der Waals surface area contributed by atoms with Crippen LogP contribution in [-0.2, 0) is 6.18 Å². The lowest BCUT2D eigenvalue weighted by atomic mass is 10.1. The van der Waals surface area contributed by atoms with Gasteiger partial charge in [0, 0.05) is 4.47 Å². The molecule has 0 saturated carbocycles. The number of hydrogen-bond donors (Lipinski definition) is 3. The van der Waals surface area contributed by atoms with Crippen molar-refractivity contribution < 1.29 is 13.2 Å². The zero-order valence-electron chi connectivity index (χ0n) is 7.73. The van der Waals surface area contributed by atoms with Gasteiger partial charge in [-0.3, -0.25) is 0 Å². The van der Waals surface area contributed by atoms with Crippen molar-refractivity contribution in [3.8, 4) is 0 Å². The van der Waals surface area contributed by atoms with E-state index in [4.69, 9.17) is 5.84 Å². The Labute approximate surface area is 103 Å². The van der Waals surface area contributed by atoms with Crippen molar-refractivity contribution in [2.75, 3.05) is 5.32 Å². The molecular formula is C8H7BrF3N3S. The highest BCUT2D eigenvalue weighted by atomic mass is 79.9. The molecular weight excluding hydrogens is 307 g/mol. The fraction of sp³-hybridized carbons (Fsp3) is 0.125. The van der Waals surface area contributed by atoms with Crippen molar-refractivity contribution >= 4 is 38.9 Å². The summed E-state index contributed by atoms with van der Waals surface area (Å²) in [7, 11) is 0. The Bertz CT molecular complexity index is 408. The van der Waals surface area contributed by atoms with E-state index in [0.717, 1.165) is 6.07 Å². The third-order valence-electron chi connectivity index (χ3n) is 1.67. The van der Waals surface area contributed by atoms with Crippen LogP contribution in [0.4, 0.5) is 18.9 Å². The maximum Gasteiger partial charge on any atom is 0.418 e. The monoisotopic (exact) mass is 313 g/mol. The van der Waals surface area contributed by atoms with Gasteiger partial charge in [0.15, 0.2) is 5.11 Å². The van der Waals surface area contributed by atoms with E-state index in [1.165, 1.54) is 12.1 Å². The molecule has 0 aliphatic rings. The summed E-state index contributed by atoms with van der Waals surface area (Å²) < 4.78 is 38.2. The number of benzene rings is 1. The normalized spacial score (nSPS) is 11.1. The molecule has 0 bridgehead atoms. The Hall–Kier alpha value is -0.860. The molecule has 0 saturated heterocycles. The van der Waals surface area contributed by atoms with E-state index >= 15 is 0 Å². The summed E-state index contributed by atoms with van der Waals surface area (Å²) in [6.07, 6.45) is -4.46. The average molecular weight is 314 g/mol. The lowest BCUT2D eigenvalue weighted by molar-refractivity contribution is -0.136. The van der Waals surface area contributed by atoms with Crippen LogP contribution in [0.1, 0.15) is 5.56 Å². The number of nitrogens with one attached hydrogen (secondary N) is 2. The molecule has 4 N–H and O–H groups in total. The Morgan fingerprint density at radius 1 is 1.38 bits per heavy atom. The van der Waals surface area contributed by atoms with E-state index < -0.39 is 11.7 Å². The smallest absolute Gasteiger partial charge is 0.331 e. The number of hydrazine groups is 1. The lowest BCUT2D eigenvalue weighted by Gasteiger charge is -2.14. The van der Waals surface area contributed by atoms with Gasteiger partial charge in [-0.25, -0.2) is 5.84 Å². The number of halogens is 4. The van der Waals surface area contributed by atoms with Gasteiger partial charge in [-0.1, -0.05) is 15.9 Å². The molecule has 1 rings (SSSR count). The van der Waals surface area contributed by atoms with Gasteiger partial charge in [0.1, 0.15) is 0 Å². The largest absolute Gasteiger partial charge is 0.418 e. The van der Waals surface area contributed by atoms with Gasteiger partial charge in [-0.15, -0.1) is 0 Å². The summed E-state index contributed by atoms with van der Waals surface area (Å²) in [6, 6.07) is 3.69. The highest BCUT2D eigenvalue weighted by Crippen LogP contribution is 2.36. The van der Waals surface area contributed by atoms with Gasteiger partial charge in [-0.05, 0) is 30.4 Å². The Kier molecular flexibility index (Phi) is 4.11. The number of nitrogens with two attached hydrogens (primary N) is 1. The van der Waals surface area contributed by atoms with Gasteiger partial charge in [0.25, 0.3) is 0 Å². The molecule has 0 aromatic heterocycles. The van der Waals surface area contributed by atoms with Crippen LogP contribution >= 0.6 is 28.1 Å². The highest BCUT2D eigenvalue weighted by Gasteiger charge is 2.33. The average Bonchev–Trinajstić information content (AvgIpc) is 2.19. The fourth-order valence-electron chi connectivity index (χ4n) is 1.02. The standard InChI is InChI=1S/C8H7BrF3N3S/c9-4-1-2-6(14-7(16)15-13)5(3-4)8(10,11)12/h1-3H,13H2,(H2,14,15,16). The topological polar surface area (TPSA) is 50.1 Å². The zero-order chi connectivity index (χ0) is 12.3. The summed E-state index contributed by atoms with van der Waals surface area (Å²) in [5, 5.41) is 2.26. The van der Waals surface area contributed by atoms with Crippen molar-refractivity contribution in [2.45, 2.75) is 6.18 Å². The molecule has 0 spiro atoms. The van der Waals surface area contributed by atoms with E-state index in [1.54, 1.807) is 0 Å². The number of thiocarbonyl (C=S) groups is 1. The summed E-state index contributed by atoms with van der Waals surface area (Å²) in [5.41, 5.74) is 1.07. The lowest BCUT2D eigenvalue weighted by Crippen LogP contribution is -2.34. The molecule has 8 heteroatoms. The molecule has 0 heterocycles. The van der Waals surface area contributed by atoms with Crippen molar-refractivity contribution in [1.29, 1.82) is 0 Å². The van der Waals surface area contributed by atoms with Crippen molar-refractivity contribution in [3.63, 3.8) is 0 Å². The van der Waals surface area contributed by atoms with E-state index in [2.05, 4.69) is 33.5 Å². The van der Waals surface area contributed by atoms with E-state index in [1.807, 2.05) is 5.43 Å². The minimum atomic E-state index is -4.46. The third kappa shape index (κ3) is 3.32. The number of alkyl halides is 3. The predicted octanol–water partition coefficient (Wildman–Crippen LogP) is 2.63. The summed E-state index contributed by atoms with van der Waals surface area (Å²) in [6.45, 7) is 0. The minimum Gasteiger partial charge on any atom is -0.331 e. The molecule has 0 amide bonds. The van der Waals surface area contributed by atoms with Crippen molar-refractivity contribution in [1.82, 2.24) is 5.43 Å². The molecule has 0 atom stereocenters. The molecule has 0 fully saturated rings. The van der Waals surface area contributed by atoms with Crippen LogP contribution in [0, 0.1) is 0 Å². The molecule has 0 unspecified atom stereocenters. The first-order valence-electron chi connectivity index (χ1n) is 3.99. The van der Waals surface area contributed by atoms with E-state index in [-0.39, 0.29) is 10.8 Å². The summed E-state index contributed by atoms with van der Waals surface area (Å²) in [5.74, 6) is 4.96. The van der Waals surface area contributed by atoms with Crippen LogP contribution in [0.2, 0.25) is 0 Å². The van der Waals surface area contributed by atoms with Crippen LogP contribution in [0.3, 0.4) is 0 Å². The van der Waals surface area contributed by atoms with Gasteiger partial charge < -0.3 is 10.7 Å². The Balaban J connectivity index is 3.13. The number of anilines is 1. The van der Waals surface area contributed by atoms with Crippen LogP contribution in [-0.4, -0.2) is 5.11 Å². The zero-order valence-corrected chi connectivity index (χ0v) is 10.1. The second kappa shape index (κ2) is 4.98. The summed E-state index contributed by atoms with van der Waals surface area (Å²) >= 11 is 7.60. The molecule has 1 aromatic rings. The Morgan fingerprint density at radius 2 is 2.00 bits per heavy atom. The summed E-state index contributed by atoms with van der Waals surface area (Å²) in [4.78, 5) is 0. The van der Waals surface area contributed by atoms with Crippen LogP contribution in [0.15, 0.2) is 22.7 Å². The van der Waals surface area contributed by atoms with Crippen LogP contribution in [0.5, 0.6) is 0 Å². The Morgan fingerprint density at radius 3 is 2.50 bits per heavy atom. The van der Waals surface area contributed by atoms with Crippen molar-refractivity contribution in [3.05, 3.63) is 28.2 Å². The van der Waals surface area contributed by atoms with Crippen LogP contribution < -0.4 is 16.6 Å². The van der Waals surface area contributed by atoms with Gasteiger partial charge >= 0.3 is 6.18 Å². The predicted molar refractivity (Wildman–Crippen MR) is 62.7 cm³/mol. The van der Waals surface area contributed by atoms with Crippen molar-refractivity contribution in [2.24, 2.45) is 5.84 Å². The number of rotatable bonds is 1. The third-order valence-corrected chi connectivity index (χ3v) is 2.38. The second-order valence-electron chi connectivity index (χ2n) is 2.79. The molecule has 16 heavy (non-hydrogen) atoms. The molecule has 0 aliphatic heterocycles. The maximum atomic E-state index is 12.6. The number of hydrogen-bond acceptors (Lipinski definition) is 2. The molecule has 1 aromatic carbocycles. The molecule has 88 valence electrons. The van der Waals surface area contributed by atoms with Gasteiger partial charge in [0.05, 0.1) is 11.3 Å². The second-order valence-corrected chi connectivity index (χ2v) is 4.11. The molecule has 0 radical (unpaired) electrons. The fourth-order valence-corrected chi connectivity index (χ4v) is 1.49. The molecule has 3 nitrogen and oxygen atoms in total. The highest BCUT2D eigenvalue weighted by molar-refractivity contribution is 9.10.